The van der Waals surface area contributed by atoms with Crippen LogP contribution in [0.15, 0.2) is 17.5 Å². The average Bonchev–Trinajstić information content (AvgIpc) is 3.03. The minimum Gasteiger partial charge on any atom is -0.379 e. The summed E-state index contributed by atoms with van der Waals surface area (Å²) in [6, 6.07) is 4.47. The van der Waals surface area contributed by atoms with Crippen molar-refractivity contribution in [3.05, 3.63) is 22.4 Å². The fraction of sp³-hybridized carbons (Fsp3) is 0.667. The van der Waals surface area contributed by atoms with Crippen LogP contribution in [-0.4, -0.2) is 50.2 Å². The zero-order chi connectivity index (χ0) is 14.9. The summed E-state index contributed by atoms with van der Waals surface area (Å²) in [6.45, 7) is 4.71. The van der Waals surface area contributed by atoms with Gasteiger partial charge in [0.25, 0.3) is 0 Å². The van der Waals surface area contributed by atoms with Gasteiger partial charge in [-0.15, -0.1) is 11.3 Å². The van der Waals surface area contributed by atoms with Crippen LogP contribution in [0, 0.1) is 0 Å². The molecule has 0 radical (unpaired) electrons. The maximum Gasteiger partial charge on any atom is 0.220 e. The topological polar surface area (TPSA) is 67.6 Å². The second kappa shape index (κ2) is 9.15. The third-order valence-electron chi connectivity index (χ3n) is 3.71. The Labute approximate surface area is 130 Å². The summed E-state index contributed by atoms with van der Waals surface area (Å²) >= 11 is 1.75. The molecule has 118 valence electrons. The van der Waals surface area contributed by atoms with Crippen molar-refractivity contribution in [2.75, 3.05) is 39.4 Å². The van der Waals surface area contributed by atoms with Crippen LogP contribution in [0.2, 0.25) is 0 Å². The van der Waals surface area contributed by atoms with Crippen LogP contribution in [0.4, 0.5) is 0 Å². The number of nitrogens with zero attached hydrogens (tertiary/aromatic N) is 1. The van der Waals surface area contributed by atoms with Gasteiger partial charge >= 0.3 is 0 Å². The minimum absolute atomic E-state index is 0.123. The van der Waals surface area contributed by atoms with Gasteiger partial charge in [-0.3, -0.25) is 9.69 Å². The summed E-state index contributed by atoms with van der Waals surface area (Å²) < 4.78 is 5.42. The van der Waals surface area contributed by atoms with E-state index in [1.54, 1.807) is 11.3 Å². The van der Waals surface area contributed by atoms with Crippen molar-refractivity contribution < 1.29 is 9.53 Å². The van der Waals surface area contributed by atoms with E-state index in [9.17, 15) is 4.79 Å². The minimum atomic E-state index is 0.123. The Balaban J connectivity index is 1.86. The molecular weight excluding hydrogens is 286 g/mol. The molecule has 0 bridgehead atoms. The van der Waals surface area contributed by atoms with E-state index >= 15 is 0 Å². The van der Waals surface area contributed by atoms with Crippen LogP contribution in [0.1, 0.15) is 30.2 Å². The Morgan fingerprint density at radius 3 is 2.90 bits per heavy atom. The second-order valence-corrected chi connectivity index (χ2v) is 6.21. The summed E-state index contributed by atoms with van der Waals surface area (Å²) in [4.78, 5) is 15.6. The molecule has 5 nitrogen and oxygen atoms in total. The van der Waals surface area contributed by atoms with Crippen LogP contribution in [0.25, 0.3) is 0 Å². The van der Waals surface area contributed by atoms with Crippen molar-refractivity contribution in [3.63, 3.8) is 0 Å². The number of nitrogens with one attached hydrogen (secondary N) is 1. The number of carbonyl (C=O) groups excluding carboxylic acids is 1. The van der Waals surface area contributed by atoms with Crippen molar-refractivity contribution in [2.45, 2.75) is 25.3 Å². The number of unbranched alkanes of at least 4 members (excludes halogenated alkanes) is 1. The summed E-state index contributed by atoms with van der Waals surface area (Å²) in [5.41, 5.74) is 5.45. The van der Waals surface area contributed by atoms with Crippen LogP contribution in [-0.2, 0) is 9.53 Å². The first-order chi connectivity index (χ1) is 10.3. The third kappa shape index (κ3) is 5.39. The molecule has 2 heterocycles. The lowest BCUT2D eigenvalue weighted by molar-refractivity contribution is -0.121. The molecule has 1 aliphatic rings. The highest BCUT2D eigenvalue weighted by Gasteiger charge is 2.23. The largest absolute Gasteiger partial charge is 0.379 e. The van der Waals surface area contributed by atoms with E-state index < -0.39 is 0 Å². The van der Waals surface area contributed by atoms with Gasteiger partial charge in [-0.1, -0.05) is 6.07 Å². The normalized spacial score (nSPS) is 17.6. The van der Waals surface area contributed by atoms with Crippen molar-refractivity contribution >= 4 is 17.2 Å². The molecule has 1 fully saturated rings. The highest BCUT2D eigenvalue weighted by atomic mass is 32.1. The number of hydrogen-bond donors (Lipinski definition) is 2. The number of carbonyl (C=O) groups is 1. The zero-order valence-corrected chi connectivity index (χ0v) is 13.2. The molecule has 1 aliphatic heterocycles. The van der Waals surface area contributed by atoms with Crippen molar-refractivity contribution in [3.8, 4) is 0 Å². The predicted octanol–water partition coefficient (Wildman–Crippen LogP) is 1.37. The average molecular weight is 311 g/mol. The Morgan fingerprint density at radius 2 is 2.24 bits per heavy atom. The highest BCUT2D eigenvalue weighted by molar-refractivity contribution is 7.10. The Bertz CT molecular complexity index is 405. The fourth-order valence-electron chi connectivity index (χ4n) is 2.51. The quantitative estimate of drug-likeness (QED) is 0.712. The van der Waals surface area contributed by atoms with Crippen molar-refractivity contribution in [1.82, 2.24) is 10.2 Å². The summed E-state index contributed by atoms with van der Waals surface area (Å²) in [5.74, 6) is 0.123. The van der Waals surface area contributed by atoms with E-state index in [4.69, 9.17) is 10.5 Å². The fourth-order valence-corrected chi connectivity index (χ4v) is 3.37. The molecule has 1 aromatic rings. The van der Waals surface area contributed by atoms with Gasteiger partial charge in [0.15, 0.2) is 0 Å². The van der Waals surface area contributed by atoms with E-state index in [2.05, 4.69) is 27.7 Å². The van der Waals surface area contributed by atoms with Crippen LogP contribution >= 0.6 is 11.3 Å². The second-order valence-electron chi connectivity index (χ2n) is 5.23. The molecule has 1 atom stereocenters. The number of amides is 1. The van der Waals surface area contributed by atoms with Crippen LogP contribution < -0.4 is 11.1 Å². The number of nitrogens with two attached hydrogens (primary N) is 1. The molecule has 6 heteroatoms. The van der Waals surface area contributed by atoms with Crippen LogP contribution in [0.3, 0.4) is 0 Å². The van der Waals surface area contributed by atoms with E-state index in [1.807, 2.05) is 0 Å². The SMILES string of the molecule is NCCCCC(=O)NCC(c1cccs1)N1CCOCC1. The summed E-state index contributed by atoms with van der Waals surface area (Å²) in [6.07, 6.45) is 2.34. The molecule has 3 N–H and O–H groups in total. The first-order valence-corrected chi connectivity index (χ1v) is 8.51. The number of ether oxygens (including phenoxy) is 1. The van der Waals surface area contributed by atoms with E-state index in [0.29, 0.717) is 19.5 Å². The summed E-state index contributed by atoms with van der Waals surface area (Å²) in [7, 11) is 0. The molecule has 1 amide bonds. The molecule has 2 rings (SSSR count). The highest BCUT2D eigenvalue weighted by Crippen LogP contribution is 2.25. The number of morpholine rings is 1. The predicted molar refractivity (Wildman–Crippen MR) is 85.4 cm³/mol. The molecule has 1 aromatic heterocycles. The van der Waals surface area contributed by atoms with Gasteiger partial charge < -0.3 is 15.8 Å². The lowest BCUT2D eigenvalue weighted by Crippen LogP contribution is -2.43. The maximum atomic E-state index is 11.9. The van der Waals surface area contributed by atoms with E-state index in [0.717, 1.165) is 39.1 Å². The van der Waals surface area contributed by atoms with Crippen LogP contribution in [0.5, 0.6) is 0 Å². The first kappa shape index (κ1) is 16.4. The number of hydrogen-bond acceptors (Lipinski definition) is 5. The molecular formula is C15H25N3O2S. The number of thiophene rings is 1. The van der Waals surface area contributed by atoms with Gasteiger partial charge in [0.1, 0.15) is 0 Å². The van der Waals surface area contributed by atoms with Crippen molar-refractivity contribution in [2.24, 2.45) is 5.73 Å². The van der Waals surface area contributed by atoms with E-state index in [-0.39, 0.29) is 11.9 Å². The lowest BCUT2D eigenvalue weighted by Gasteiger charge is -2.34. The van der Waals surface area contributed by atoms with Gasteiger partial charge in [0.05, 0.1) is 19.3 Å². The van der Waals surface area contributed by atoms with Gasteiger partial charge in [-0.25, -0.2) is 0 Å². The monoisotopic (exact) mass is 311 g/mol. The van der Waals surface area contributed by atoms with Gasteiger partial charge in [-0.05, 0) is 30.8 Å². The van der Waals surface area contributed by atoms with Gasteiger partial charge in [0, 0.05) is 30.9 Å². The molecule has 1 unspecified atom stereocenters. The zero-order valence-electron chi connectivity index (χ0n) is 12.4. The standard InChI is InChI=1S/C15H25N3O2S/c16-6-2-1-5-15(19)17-12-13(14-4-3-11-21-14)18-7-9-20-10-8-18/h3-4,11,13H,1-2,5-10,12,16H2,(H,17,19). The molecule has 1 saturated heterocycles. The van der Waals surface area contributed by atoms with E-state index in [1.165, 1.54) is 4.88 Å². The molecule has 0 aromatic carbocycles. The molecule has 0 spiro atoms. The third-order valence-corrected chi connectivity index (χ3v) is 4.68. The van der Waals surface area contributed by atoms with Crippen molar-refractivity contribution in [1.29, 1.82) is 0 Å². The summed E-state index contributed by atoms with van der Waals surface area (Å²) in [5, 5.41) is 5.16. The Kier molecular flexibility index (Phi) is 7.15. The smallest absolute Gasteiger partial charge is 0.220 e. The first-order valence-electron chi connectivity index (χ1n) is 7.63. The molecule has 21 heavy (non-hydrogen) atoms. The van der Waals surface area contributed by atoms with Gasteiger partial charge in [0.2, 0.25) is 5.91 Å². The lowest BCUT2D eigenvalue weighted by atomic mass is 10.1. The molecule has 0 saturated carbocycles. The Hall–Kier alpha value is -0.950. The Morgan fingerprint density at radius 1 is 1.43 bits per heavy atom. The maximum absolute atomic E-state index is 11.9. The number of rotatable bonds is 8. The molecule has 0 aliphatic carbocycles. The van der Waals surface area contributed by atoms with Gasteiger partial charge in [-0.2, -0.15) is 0 Å².